The topological polar surface area (TPSA) is 33.1 Å². The molecule has 1 saturated heterocycles. The van der Waals surface area contributed by atoms with Gasteiger partial charge in [0.2, 0.25) is 5.95 Å². The largest absolute Gasteiger partial charge is 0.352 e. The lowest BCUT2D eigenvalue weighted by molar-refractivity contribution is 0.195. The van der Waals surface area contributed by atoms with Crippen molar-refractivity contribution >= 4 is 5.95 Å². The molecule has 0 spiro atoms. The van der Waals surface area contributed by atoms with Crippen LogP contribution in [0.25, 0.3) is 0 Å². The molecule has 0 amide bonds. The first-order valence-electron chi connectivity index (χ1n) is 6.34. The van der Waals surface area contributed by atoms with Gasteiger partial charge in [-0.3, -0.25) is 0 Å². The summed E-state index contributed by atoms with van der Waals surface area (Å²) in [4.78, 5) is 6.75. The Morgan fingerprint density at radius 3 is 3.29 bits per heavy atom. The SMILES string of the molecule is C=CCNc1nccn1CC1CCCN(C)C1. The van der Waals surface area contributed by atoms with Crippen LogP contribution in [-0.4, -0.2) is 41.1 Å². The third kappa shape index (κ3) is 3.33. The first-order valence-corrected chi connectivity index (χ1v) is 6.34. The maximum atomic E-state index is 4.33. The van der Waals surface area contributed by atoms with Crippen LogP contribution in [0.15, 0.2) is 25.0 Å². The fourth-order valence-electron chi connectivity index (χ4n) is 2.49. The Bertz CT molecular complexity index is 358. The van der Waals surface area contributed by atoms with Crippen molar-refractivity contribution in [3.05, 3.63) is 25.0 Å². The third-order valence-electron chi connectivity index (χ3n) is 3.30. The summed E-state index contributed by atoms with van der Waals surface area (Å²) in [6.07, 6.45) is 8.40. The van der Waals surface area contributed by atoms with Gasteiger partial charge in [-0.2, -0.15) is 0 Å². The van der Waals surface area contributed by atoms with Gasteiger partial charge in [0.1, 0.15) is 0 Å². The van der Waals surface area contributed by atoms with Crippen molar-refractivity contribution in [3.63, 3.8) is 0 Å². The number of nitrogens with zero attached hydrogens (tertiary/aromatic N) is 3. The molecule has 0 bridgehead atoms. The maximum Gasteiger partial charge on any atom is 0.203 e. The van der Waals surface area contributed by atoms with Gasteiger partial charge in [-0.15, -0.1) is 6.58 Å². The van der Waals surface area contributed by atoms with E-state index in [1.807, 2.05) is 12.3 Å². The van der Waals surface area contributed by atoms with Crippen molar-refractivity contribution in [2.24, 2.45) is 5.92 Å². The lowest BCUT2D eigenvalue weighted by Crippen LogP contribution is -2.34. The van der Waals surface area contributed by atoms with Gasteiger partial charge in [0.05, 0.1) is 0 Å². The third-order valence-corrected chi connectivity index (χ3v) is 3.30. The van der Waals surface area contributed by atoms with Crippen LogP contribution in [-0.2, 0) is 6.54 Å². The second-order valence-electron chi connectivity index (χ2n) is 4.84. The van der Waals surface area contributed by atoms with Crippen LogP contribution in [0.3, 0.4) is 0 Å². The summed E-state index contributed by atoms with van der Waals surface area (Å²) in [7, 11) is 2.21. The van der Waals surface area contributed by atoms with Crippen LogP contribution >= 0.6 is 0 Å². The zero-order chi connectivity index (χ0) is 12.1. The van der Waals surface area contributed by atoms with Crippen LogP contribution in [0.5, 0.6) is 0 Å². The molecule has 1 N–H and O–H groups in total. The molecule has 0 radical (unpaired) electrons. The molecule has 1 aliphatic heterocycles. The Labute approximate surface area is 103 Å². The van der Waals surface area contributed by atoms with Gasteiger partial charge >= 0.3 is 0 Å². The minimum absolute atomic E-state index is 0.743. The molecule has 1 aromatic heterocycles. The second-order valence-corrected chi connectivity index (χ2v) is 4.84. The fraction of sp³-hybridized carbons (Fsp3) is 0.615. The summed E-state index contributed by atoms with van der Waals surface area (Å²) in [5, 5.41) is 3.26. The average Bonchev–Trinajstić information content (AvgIpc) is 2.74. The molecular weight excluding hydrogens is 212 g/mol. The van der Waals surface area contributed by atoms with E-state index in [1.165, 1.54) is 25.9 Å². The highest BCUT2D eigenvalue weighted by Gasteiger charge is 2.18. The minimum Gasteiger partial charge on any atom is -0.352 e. The van der Waals surface area contributed by atoms with Crippen LogP contribution in [0.2, 0.25) is 0 Å². The fourth-order valence-corrected chi connectivity index (χ4v) is 2.49. The zero-order valence-corrected chi connectivity index (χ0v) is 10.6. The van der Waals surface area contributed by atoms with E-state index in [9.17, 15) is 0 Å². The normalized spacial score (nSPS) is 21.4. The number of nitrogens with one attached hydrogen (secondary N) is 1. The maximum absolute atomic E-state index is 4.33. The van der Waals surface area contributed by atoms with E-state index in [0.717, 1.165) is 25.0 Å². The molecule has 4 heteroatoms. The van der Waals surface area contributed by atoms with Crippen molar-refractivity contribution in [1.82, 2.24) is 14.5 Å². The van der Waals surface area contributed by atoms with Crippen LogP contribution in [0.4, 0.5) is 5.95 Å². The number of rotatable bonds is 5. The molecule has 1 aromatic rings. The van der Waals surface area contributed by atoms with Gasteiger partial charge < -0.3 is 14.8 Å². The minimum atomic E-state index is 0.743. The number of imidazole rings is 1. The smallest absolute Gasteiger partial charge is 0.203 e. The van der Waals surface area contributed by atoms with E-state index in [4.69, 9.17) is 0 Å². The highest BCUT2D eigenvalue weighted by atomic mass is 15.2. The summed E-state index contributed by atoms with van der Waals surface area (Å²) in [5.74, 6) is 1.70. The monoisotopic (exact) mass is 234 g/mol. The molecule has 0 aliphatic carbocycles. The highest BCUT2D eigenvalue weighted by Crippen LogP contribution is 2.18. The van der Waals surface area contributed by atoms with Crippen molar-refractivity contribution in [3.8, 4) is 0 Å². The molecule has 2 heterocycles. The lowest BCUT2D eigenvalue weighted by Gasteiger charge is -2.30. The van der Waals surface area contributed by atoms with E-state index >= 15 is 0 Å². The molecule has 0 saturated carbocycles. The number of aromatic nitrogens is 2. The second kappa shape index (κ2) is 5.87. The summed E-state index contributed by atoms with van der Waals surface area (Å²) in [6.45, 7) is 7.97. The van der Waals surface area contributed by atoms with Gasteiger partial charge in [0.25, 0.3) is 0 Å². The number of anilines is 1. The molecule has 1 fully saturated rings. The first kappa shape index (κ1) is 12.2. The number of likely N-dealkylation sites (tertiary alicyclic amines) is 1. The Morgan fingerprint density at radius 1 is 1.65 bits per heavy atom. The van der Waals surface area contributed by atoms with E-state index in [1.54, 1.807) is 0 Å². The number of hydrogen-bond donors (Lipinski definition) is 1. The van der Waals surface area contributed by atoms with Crippen molar-refractivity contribution in [1.29, 1.82) is 0 Å². The zero-order valence-electron chi connectivity index (χ0n) is 10.6. The van der Waals surface area contributed by atoms with Gasteiger partial charge in [-0.25, -0.2) is 4.98 Å². The molecule has 1 aliphatic rings. The summed E-state index contributed by atoms with van der Waals surface area (Å²) >= 11 is 0. The Balaban J connectivity index is 1.93. The number of piperidine rings is 1. The van der Waals surface area contributed by atoms with Crippen molar-refractivity contribution in [2.75, 3.05) is 32.0 Å². The average molecular weight is 234 g/mol. The van der Waals surface area contributed by atoms with E-state index in [-0.39, 0.29) is 0 Å². The summed E-state index contributed by atoms with van der Waals surface area (Å²) < 4.78 is 2.22. The standard InChI is InChI=1S/C13H22N4/c1-3-6-14-13-15-7-9-17(13)11-12-5-4-8-16(2)10-12/h3,7,9,12H,1,4-6,8,10-11H2,2H3,(H,14,15). The highest BCUT2D eigenvalue weighted by molar-refractivity contribution is 5.26. The quantitative estimate of drug-likeness (QED) is 0.789. The Morgan fingerprint density at radius 2 is 2.53 bits per heavy atom. The molecule has 94 valence electrons. The molecular formula is C13H22N4. The van der Waals surface area contributed by atoms with E-state index in [2.05, 4.69) is 39.6 Å². The predicted octanol–water partition coefficient (Wildman–Crippen LogP) is 1.82. The van der Waals surface area contributed by atoms with Gasteiger partial charge in [0, 0.05) is 32.0 Å². The molecule has 0 aromatic carbocycles. The number of hydrogen-bond acceptors (Lipinski definition) is 3. The van der Waals surface area contributed by atoms with Crippen LogP contribution in [0, 0.1) is 5.92 Å². The molecule has 1 unspecified atom stereocenters. The van der Waals surface area contributed by atoms with Crippen molar-refractivity contribution in [2.45, 2.75) is 19.4 Å². The Hall–Kier alpha value is -1.29. The molecule has 1 atom stereocenters. The lowest BCUT2D eigenvalue weighted by atomic mass is 9.98. The van der Waals surface area contributed by atoms with E-state index < -0.39 is 0 Å². The van der Waals surface area contributed by atoms with Crippen molar-refractivity contribution < 1.29 is 0 Å². The molecule has 4 nitrogen and oxygen atoms in total. The summed E-state index contributed by atoms with van der Waals surface area (Å²) in [6, 6.07) is 0. The van der Waals surface area contributed by atoms with Crippen LogP contribution < -0.4 is 5.32 Å². The van der Waals surface area contributed by atoms with Gasteiger partial charge in [0.15, 0.2) is 0 Å². The molecule has 2 rings (SSSR count). The van der Waals surface area contributed by atoms with Gasteiger partial charge in [-0.05, 0) is 32.4 Å². The van der Waals surface area contributed by atoms with Crippen LogP contribution in [0.1, 0.15) is 12.8 Å². The van der Waals surface area contributed by atoms with Gasteiger partial charge in [-0.1, -0.05) is 6.08 Å². The summed E-state index contributed by atoms with van der Waals surface area (Å²) in [5.41, 5.74) is 0. The van der Waals surface area contributed by atoms with E-state index in [0.29, 0.717) is 0 Å². The first-order chi connectivity index (χ1) is 8.29. The predicted molar refractivity (Wildman–Crippen MR) is 71.1 cm³/mol. The molecule has 17 heavy (non-hydrogen) atoms. The Kier molecular flexibility index (Phi) is 4.20.